The maximum Gasteiger partial charge on any atom is 0.329 e. The summed E-state index contributed by atoms with van der Waals surface area (Å²) in [5.74, 6) is -6.63. The van der Waals surface area contributed by atoms with E-state index >= 15 is 0 Å². The third-order valence-electron chi connectivity index (χ3n) is 10.7. The molecule has 4 aliphatic heterocycles. The lowest BCUT2D eigenvalue weighted by Crippen LogP contribution is -2.62. The molecule has 4 saturated heterocycles. The molecule has 0 radical (unpaired) electrons. The lowest BCUT2D eigenvalue weighted by atomic mass is 9.99. The Balaban J connectivity index is 1.31. The summed E-state index contributed by atoms with van der Waals surface area (Å²) in [5, 5.41) is 10.2. The fourth-order valence-corrected chi connectivity index (χ4v) is 7.86. The number of esters is 1. The molecule has 0 spiro atoms. The van der Waals surface area contributed by atoms with Crippen molar-refractivity contribution in [1.82, 2.24) is 30.7 Å². The molecule has 4 aliphatic rings. The second-order valence-electron chi connectivity index (χ2n) is 15.0. The molecule has 0 saturated carbocycles. The second kappa shape index (κ2) is 17.6. The van der Waals surface area contributed by atoms with Crippen LogP contribution >= 0.6 is 0 Å². The number of urea groups is 1. The summed E-state index contributed by atoms with van der Waals surface area (Å²) in [7, 11) is 0. The normalized spacial score (nSPS) is 26.5. The van der Waals surface area contributed by atoms with Gasteiger partial charge in [-0.1, -0.05) is 17.7 Å². The Hall–Kier alpha value is -5.68. The van der Waals surface area contributed by atoms with Crippen molar-refractivity contribution in [1.29, 1.82) is 0 Å². The number of rotatable bonds is 6. The van der Waals surface area contributed by atoms with E-state index < -0.39 is 122 Å². The smallest absolute Gasteiger partial charge is 0.329 e. The number of cyclic esters (lactones) is 1. The van der Waals surface area contributed by atoms with E-state index in [9.17, 15) is 46.7 Å². The Bertz CT molecular complexity index is 1880. The van der Waals surface area contributed by atoms with Crippen LogP contribution in [-0.4, -0.2) is 125 Å². The van der Waals surface area contributed by atoms with Gasteiger partial charge in [-0.15, -0.1) is 0 Å². The number of halogens is 3. The molecule has 57 heavy (non-hydrogen) atoms. The minimum absolute atomic E-state index is 0.00893. The van der Waals surface area contributed by atoms with Gasteiger partial charge in [0, 0.05) is 37.7 Å². The van der Waals surface area contributed by atoms with Gasteiger partial charge < -0.3 is 40.7 Å². The lowest BCUT2D eigenvalue weighted by molar-refractivity contribution is -0.158. The molecule has 15 nitrogen and oxygen atoms in total. The van der Waals surface area contributed by atoms with Gasteiger partial charge in [0.1, 0.15) is 60.7 Å². The maximum atomic E-state index is 14.8. The Morgan fingerprint density at radius 3 is 2.25 bits per heavy atom. The number of carbonyl (C=O) groups is 7. The summed E-state index contributed by atoms with van der Waals surface area (Å²) in [4.78, 5) is 100. The molecule has 0 aromatic heterocycles. The molecule has 0 aliphatic carbocycles. The Morgan fingerprint density at radius 2 is 1.53 bits per heavy atom. The molecule has 2 aromatic carbocycles. The van der Waals surface area contributed by atoms with Crippen molar-refractivity contribution in [3.63, 3.8) is 0 Å². The van der Waals surface area contributed by atoms with Crippen LogP contribution in [0.15, 0.2) is 42.5 Å². The predicted molar refractivity (Wildman–Crippen MR) is 197 cm³/mol. The van der Waals surface area contributed by atoms with Gasteiger partial charge in [0.05, 0.1) is 6.54 Å². The SMILES string of the molecule is Cc1ccc(NC(=O)N[C@@H](Cc2cc(F)cc(F)c2)C(=O)N[C@H]2COC(=O)C3C[C@H](F)CN3C(=O)[C@H](C)NC(=O)C3CCCCN3C(=O)C3CCCN3C2=O)cc1. The summed E-state index contributed by atoms with van der Waals surface area (Å²) in [6, 6.07) is 0.617. The van der Waals surface area contributed by atoms with Gasteiger partial charge in [0.15, 0.2) is 0 Å². The maximum absolute atomic E-state index is 14.8. The molecule has 7 amide bonds. The zero-order valence-electron chi connectivity index (χ0n) is 31.6. The third-order valence-corrected chi connectivity index (χ3v) is 10.7. The zero-order valence-corrected chi connectivity index (χ0v) is 31.6. The topological polar surface area (TPSA) is 187 Å². The van der Waals surface area contributed by atoms with Crippen molar-refractivity contribution in [3.05, 3.63) is 65.2 Å². The highest BCUT2D eigenvalue weighted by molar-refractivity contribution is 5.98. The average Bonchev–Trinajstić information content (AvgIpc) is 3.82. The molecule has 2 aromatic rings. The number of ether oxygens (including phenoxy) is 1. The molecule has 0 bridgehead atoms. The molecule has 4 N–H and O–H groups in total. The summed E-state index contributed by atoms with van der Waals surface area (Å²) >= 11 is 0. The highest BCUT2D eigenvalue weighted by atomic mass is 19.1. The van der Waals surface area contributed by atoms with Crippen LogP contribution in [0, 0.1) is 18.6 Å². The standard InChI is InChI=1S/C39H46F3N7O8/c1-21-8-10-27(11-9-21)44-39(56)46-28(16-23-14-24(40)17-25(41)15-23)33(50)45-29-20-57-38(55)32-18-26(42)19-49(32)35(52)22(2)43-34(51)30-6-3-4-12-47(30)37(54)31-7-5-13-48(31)36(29)53/h8-11,14-15,17,22,26,28-32H,3-7,12-13,16,18-20H2,1-2H3,(H,43,51)(H,45,50)(H2,44,46,56)/t22-,26-,28-,29-,30?,31?,32?/m0/s1. The first-order valence-electron chi connectivity index (χ1n) is 19.1. The van der Waals surface area contributed by atoms with Crippen LogP contribution in [0.25, 0.3) is 0 Å². The average molecular weight is 798 g/mol. The van der Waals surface area contributed by atoms with E-state index in [0.717, 1.165) is 22.6 Å². The van der Waals surface area contributed by atoms with E-state index in [0.29, 0.717) is 37.4 Å². The third kappa shape index (κ3) is 9.65. The number of fused-ring (bicyclic) bond motifs is 3. The van der Waals surface area contributed by atoms with Gasteiger partial charge in [-0.25, -0.2) is 22.8 Å². The molecule has 4 fully saturated rings. The number of carbonyl (C=O) groups excluding carboxylic acids is 7. The molecular weight excluding hydrogens is 751 g/mol. The van der Waals surface area contributed by atoms with E-state index in [2.05, 4.69) is 21.3 Å². The summed E-state index contributed by atoms with van der Waals surface area (Å²) in [6.07, 6.45) is -0.331. The summed E-state index contributed by atoms with van der Waals surface area (Å²) in [6.45, 7) is 2.27. The van der Waals surface area contributed by atoms with Crippen molar-refractivity contribution in [2.24, 2.45) is 0 Å². The quantitative estimate of drug-likeness (QED) is 0.319. The fourth-order valence-electron chi connectivity index (χ4n) is 7.86. The number of anilines is 1. The van der Waals surface area contributed by atoms with Crippen LogP contribution in [-0.2, 0) is 39.9 Å². The number of nitrogens with one attached hydrogen (secondary N) is 4. The van der Waals surface area contributed by atoms with E-state index in [1.54, 1.807) is 24.3 Å². The van der Waals surface area contributed by atoms with Gasteiger partial charge in [-0.3, -0.25) is 24.0 Å². The second-order valence-corrected chi connectivity index (χ2v) is 15.0. The number of benzene rings is 2. The van der Waals surface area contributed by atoms with Crippen molar-refractivity contribution in [2.75, 3.05) is 31.6 Å². The largest absolute Gasteiger partial charge is 0.461 e. The van der Waals surface area contributed by atoms with E-state index in [-0.39, 0.29) is 25.1 Å². The number of hydrogen-bond acceptors (Lipinski definition) is 8. The minimum Gasteiger partial charge on any atom is -0.461 e. The molecular formula is C39H46F3N7O8. The molecule has 7 atom stereocenters. The van der Waals surface area contributed by atoms with E-state index in [1.807, 2.05) is 6.92 Å². The Morgan fingerprint density at radius 1 is 0.860 bits per heavy atom. The fraction of sp³-hybridized carbons (Fsp3) is 0.513. The van der Waals surface area contributed by atoms with Crippen LogP contribution in [0.3, 0.4) is 0 Å². The van der Waals surface area contributed by atoms with Crippen LogP contribution in [0.2, 0.25) is 0 Å². The van der Waals surface area contributed by atoms with Crippen molar-refractivity contribution in [2.45, 2.75) is 101 Å². The first-order chi connectivity index (χ1) is 27.2. The first-order valence-corrected chi connectivity index (χ1v) is 19.1. The van der Waals surface area contributed by atoms with Crippen LogP contribution in [0.5, 0.6) is 0 Å². The molecule has 6 rings (SSSR count). The minimum atomic E-state index is -1.68. The predicted octanol–water partition coefficient (Wildman–Crippen LogP) is 1.86. The number of nitrogens with zero attached hydrogens (tertiary/aromatic N) is 3. The number of amides is 7. The van der Waals surface area contributed by atoms with Crippen molar-refractivity contribution in [3.8, 4) is 0 Å². The summed E-state index contributed by atoms with van der Waals surface area (Å²) in [5.41, 5.74) is 1.28. The van der Waals surface area contributed by atoms with Crippen LogP contribution < -0.4 is 21.3 Å². The van der Waals surface area contributed by atoms with Crippen molar-refractivity contribution >= 4 is 47.2 Å². The first kappa shape index (κ1) is 41.0. The van der Waals surface area contributed by atoms with Crippen molar-refractivity contribution < 1.29 is 51.5 Å². The van der Waals surface area contributed by atoms with Gasteiger partial charge in [0.25, 0.3) is 0 Å². The van der Waals surface area contributed by atoms with Gasteiger partial charge in [-0.05, 0) is 75.8 Å². The summed E-state index contributed by atoms with van der Waals surface area (Å²) < 4.78 is 48.8. The number of hydrogen-bond donors (Lipinski definition) is 4. The zero-order chi connectivity index (χ0) is 41.0. The Kier molecular flexibility index (Phi) is 12.7. The van der Waals surface area contributed by atoms with Gasteiger partial charge in [0.2, 0.25) is 29.5 Å². The highest BCUT2D eigenvalue weighted by Gasteiger charge is 2.46. The van der Waals surface area contributed by atoms with Crippen LogP contribution in [0.1, 0.15) is 56.6 Å². The van der Waals surface area contributed by atoms with Crippen LogP contribution in [0.4, 0.5) is 23.7 Å². The molecule has 4 heterocycles. The number of aryl methyl sites for hydroxylation is 1. The number of alkyl halides is 1. The Labute approximate surface area is 327 Å². The monoisotopic (exact) mass is 797 g/mol. The molecule has 306 valence electrons. The molecule has 3 unspecified atom stereocenters. The van der Waals surface area contributed by atoms with Gasteiger partial charge in [-0.2, -0.15) is 0 Å². The van der Waals surface area contributed by atoms with E-state index in [4.69, 9.17) is 4.74 Å². The number of piperidine rings is 1. The van der Waals surface area contributed by atoms with E-state index in [1.165, 1.54) is 16.7 Å². The highest BCUT2D eigenvalue weighted by Crippen LogP contribution is 2.27. The van der Waals surface area contributed by atoms with Gasteiger partial charge >= 0.3 is 12.0 Å². The lowest BCUT2D eigenvalue weighted by Gasteiger charge is -2.39. The molecule has 18 heteroatoms.